The van der Waals surface area contributed by atoms with Gasteiger partial charge in [0.05, 0.1) is 0 Å². The molecule has 4 rings (SSSR count). The van der Waals surface area contributed by atoms with Gasteiger partial charge in [-0.15, -0.1) is 0 Å². The van der Waals surface area contributed by atoms with Crippen molar-refractivity contribution in [3.8, 4) is 11.5 Å². The van der Waals surface area contributed by atoms with Gasteiger partial charge in [-0.25, -0.2) is 0 Å². The van der Waals surface area contributed by atoms with Crippen molar-refractivity contribution in [1.29, 1.82) is 0 Å². The summed E-state index contributed by atoms with van der Waals surface area (Å²) in [6.07, 6.45) is 6.32. The van der Waals surface area contributed by atoms with Gasteiger partial charge in [-0.1, -0.05) is 25.5 Å². The highest BCUT2D eigenvalue weighted by molar-refractivity contribution is 5.65. The Morgan fingerprint density at radius 1 is 1.00 bits per heavy atom. The van der Waals surface area contributed by atoms with E-state index in [1.165, 1.54) is 36.0 Å². The Balaban J connectivity index is 2.03. The Morgan fingerprint density at radius 3 is 2.48 bits per heavy atom. The van der Waals surface area contributed by atoms with Gasteiger partial charge in [0, 0.05) is 11.5 Å². The molecule has 0 saturated heterocycles. The van der Waals surface area contributed by atoms with Crippen LogP contribution < -0.4 is 9.47 Å². The molecule has 23 heavy (non-hydrogen) atoms. The van der Waals surface area contributed by atoms with Gasteiger partial charge >= 0.3 is 0 Å². The van der Waals surface area contributed by atoms with Crippen LogP contribution in [0.1, 0.15) is 87.0 Å². The lowest BCUT2D eigenvalue weighted by Crippen LogP contribution is -2.28. The largest absolute Gasteiger partial charge is 0.453 e. The number of hydrogen-bond acceptors (Lipinski definition) is 2. The summed E-state index contributed by atoms with van der Waals surface area (Å²) in [7, 11) is 0. The molecule has 1 heterocycles. The number of benzene rings is 1. The van der Waals surface area contributed by atoms with E-state index in [0.717, 1.165) is 17.4 Å². The van der Waals surface area contributed by atoms with Crippen LogP contribution in [0.4, 0.5) is 0 Å². The van der Waals surface area contributed by atoms with Crippen LogP contribution in [0.2, 0.25) is 0 Å². The van der Waals surface area contributed by atoms with Gasteiger partial charge in [-0.2, -0.15) is 0 Å². The molecule has 0 fully saturated rings. The van der Waals surface area contributed by atoms with Gasteiger partial charge in [-0.3, -0.25) is 0 Å². The van der Waals surface area contributed by atoms with Gasteiger partial charge in [0.1, 0.15) is 0 Å². The van der Waals surface area contributed by atoms with Crippen molar-refractivity contribution in [2.45, 2.75) is 71.6 Å². The summed E-state index contributed by atoms with van der Waals surface area (Å²) < 4.78 is 11.8. The van der Waals surface area contributed by atoms with Crippen molar-refractivity contribution in [1.82, 2.24) is 0 Å². The molecule has 4 atom stereocenters. The second kappa shape index (κ2) is 5.29. The molecule has 2 aliphatic carbocycles. The molecule has 0 saturated carbocycles. The van der Waals surface area contributed by atoms with E-state index in [9.17, 15) is 0 Å². The third-order valence-electron chi connectivity index (χ3n) is 6.17. The van der Waals surface area contributed by atoms with Gasteiger partial charge in [0.25, 0.3) is 0 Å². The standard InChI is InChI=1S/C21H28O2/c1-11(2)8-15-9-13(4)16-7-6-12(3)17-19(16)18(15)14(5)20-21(17)23-10-22-20/h8,12-13,15-16H,6-7,9-10H2,1-5H3/t12-,13+,15+,16-/m0/s1. The van der Waals surface area contributed by atoms with Crippen LogP contribution in [-0.4, -0.2) is 6.79 Å². The molecule has 0 unspecified atom stereocenters. The highest BCUT2D eigenvalue weighted by Gasteiger charge is 2.42. The molecule has 3 aliphatic rings. The zero-order valence-electron chi connectivity index (χ0n) is 15.0. The van der Waals surface area contributed by atoms with E-state index in [4.69, 9.17) is 9.47 Å². The lowest BCUT2D eigenvalue weighted by atomic mass is 9.62. The van der Waals surface area contributed by atoms with E-state index < -0.39 is 0 Å². The highest BCUT2D eigenvalue weighted by Crippen LogP contribution is 2.59. The first-order valence-electron chi connectivity index (χ1n) is 9.09. The smallest absolute Gasteiger partial charge is 0.231 e. The number of ether oxygens (including phenoxy) is 2. The summed E-state index contributed by atoms with van der Waals surface area (Å²) in [4.78, 5) is 0. The highest BCUT2D eigenvalue weighted by atomic mass is 16.7. The molecule has 0 bridgehead atoms. The molecule has 0 N–H and O–H groups in total. The van der Waals surface area contributed by atoms with Crippen molar-refractivity contribution in [3.05, 3.63) is 33.9 Å². The minimum atomic E-state index is 0.381. The van der Waals surface area contributed by atoms with Crippen LogP contribution in [0.3, 0.4) is 0 Å². The summed E-state index contributed by atoms with van der Waals surface area (Å²) in [6, 6.07) is 0. The van der Waals surface area contributed by atoms with Gasteiger partial charge in [-0.05, 0) is 74.5 Å². The minimum absolute atomic E-state index is 0.381. The number of rotatable bonds is 1. The zero-order valence-corrected chi connectivity index (χ0v) is 15.0. The molecular weight excluding hydrogens is 284 g/mol. The first-order chi connectivity index (χ1) is 11.0. The fraction of sp³-hybridized carbons (Fsp3) is 0.619. The Labute approximate surface area is 139 Å². The van der Waals surface area contributed by atoms with Crippen LogP contribution in [0.25, 0.3) is 0 Å². The maximum absolute atomic E-state index is 5.93. The average molecular weight is 312 g/mol. The Hall–Kier alpha value is -1.44. The summed E-state index contributed by atoms with van der Waals surface area (Å²) in [5.41, 5.74) is 7.37. The van der Waals surface area contributed by atoms with Crippen LogP contribution in [0.15, 0.2) is 11.6 Å². The lowest BCUT2D eigenvalue weighted by molar-refractivity contribution is 0.172. The summed E-state index contributed by atoms with van der Waals surface area (Å²) in [6.45, 7) is 11.9. The minimum Gasteiger partial charge on any atom is -0.453 e. The van der Waals surface area contributed by atoms with E-state index in [-0.39, 0.29) is 0 Å². The van der Waals surface area contributed by atoms with E-state index in [1.807, 2.05) is 0 Å². The molecular formula is C21H28O2. The average Bonchev–Trinajstić information content (AvgIpc) is 2.95. The van der Waals surface area contributed by atoms with Crippen LogP contribution in [0.5, 0.6) is 11.5 Å². The predicted molar refractivity (Wildman–Crippen MR) is 93.6 cm³/mol. The van der Waals surface area contributed by atoms with Crippen LogP contribution in [0, 0.1) is 12.8 Å². The van der Waals surface area contributed by atoms with E-state index in [1.54, 1.807) is 11.1 Å². The van der Waals surface area contributed by atoms with Crippen LogP contribution in [-0.2, 0) is 0 Å². The molecule has 0 amide bonds. The normalized spacial score (nSPS) is 30.8. The van der Waals surface area contributed by atoms with Gasteiger partial charge in [0.15, 0.2) is 11.5 Å². The van der Waals surface area contributed by atoms with E-state index in [0.29, 0.717) is 24.5 Å². The number of hydrogen-bond donors (Lipinski definition) is 0. The maximum atomic E-state index is 5.93. The van der Waals surface area contributed by atoms with Crippen LogP contribution >= 0.6 is 0 Å². The predicted octanol–water partition coefficient (Wildman–Crippen LogP) is 5.79. The molecule has 0 radical (unpaired) electrons. The van der Waals surface area contributed by atoms with Crippen molar-refractivity contribution in [2.75, 3.05) is 6.79 Å². The number of fused-ring (bicyclic) bond motifs is 2. The summed E-state index contributed by atoms with van der Waals surface area (Å²) >= 11 is 0. The molecule has 0 spiro atoms. The molecule has 1 aromatic rings. The maximum Gasteiger partial charge on any atom is 0.231 e. The third-order valence-corrected chi connectivity index (χ3v) is 6.17. The summed E-state index contributed by atoms with van der Waals surface area (Å²) in [5.74, 6) is 4.63. The van der Waals surface area contributed by atoms with E-state index in [2.05, 4.69) is 40.7 Å². The molecule has 0 aromatic heterocycles. The Morgan fingerprint density at radius 2 is 1.74 bits per heavy atom. The Kier molecular flexibility index (Phi) is 3.48. The lowest BCUT2D eigenvalue weighted by Gasteiger charge is -2.43. The van der Waals surface area contributed by atoms with Crippen molar-refractivity contribution in [3.63, 3.8) is 0 Å². The fourth-order valence-corrected chi connectivity index (χ4v) is 5.24. The van der Waals surface area contributed by atoms with E-state index >= 15 is 0 Å². The third kappa shape index (κ3) is 2.14. The summed E-state index contributed by atoms with van der Waals surface area (Å²) in [5, 5.41) is 0. The molecule has 2 heteroatoms. The molecule has 124 valence electrons. The quantitative estimate of drug-likeness (QED) is 0.611. The fourth-order valence-electron chi connectivity index (χ4n) is 5.24. The van der Waals surface area contributed by atoms with Crippen molar-refractivity contribution < 1.29 is 9.47 Å². The molecule has 2 nitrogen and oxygen atoms in total. The van der Waals surface area contributed by atoms with Gasteiger partial charge in [0.2, 0.25) is 6.79 Å². The van der Waals surface area contributed by atoms with Crippen molar-refractivity contribution in [2.24, 2.45) is 5.92 Å². The second-order valence-electron chi connectivity index (χ2n) is 8.08. The second-order valence-corrected chi connectivity index (χ2v) is 8.08. The molecule has 1 aliphatic heterocycles. The topological polar surface area (TPSA) is 18.5 Å². The van der Waals surface area contributed by atoms with Gasteiger partial charge < -0.3 is 9.47 Å². The monoisotopic (exact) mass is 312 g/mol. The molecule has 1 aromatic carbocycles. The van der Waals surface area contributed by atoms with Crippen molar-refractivity contribution >= 4 is 0 Å². The Bertz CT molecular complexity index is 682. The first-order valence-corrected chi connectivity index (χ1v) is 9.09. The number of allylic oxidation sites excluding steroid dienone is 2. The SMILES string of the molecule is CC(C)=C[C@@H]1C[C@@H](C)[C@@H]2CC[C@H](C)c3c4c(c(C)c1c32)OCO4. The zero-order chi connectivity index (χ0) is 16.3. The first kappa shape index (κ1) is 15.1.